The Morgan fingerprint density at radius 1 is 1.73 bits per heavy atom. The standard InChI is InChI=1S/C8H13NOS/c1-4-8(2,10-3)7-9-5-6-11-7/h5-6H,4H2,1-3H3. The van der Waals surface area contributed by atoms with Crippen molar-refractivity contribution in [3.8, 4) is 0 Å². The van der Waals surface area contributed by atoms with Gasteiger partial charge in [0.2, 0.25) is 0 Å². The smallest absolute Gasteiger partial charge is 0.124 e. The van der Waals surface area contributed by atoms with E-state index in [1.807, 2.05) is 11.6 Å². The van der Waals surface area contributed by atoms with Crippen molar-refractivity contribution >= 4 is 11.3 Å². The molecule has 0 aromatic carbocycles. The fourth-order valence-corrected chi connectivity index (χ4v) is 1.72. The molecule has 11 heavy (non-hydrogen) atoms. The zero-order valence-electron chi connectivity index (χ0n) is 7.13. The van der Waals surface area contributed by atoms with Crippen LogP contribution in [0.2, 0.25) is 0 Å². The maximum absolute atomic E-state index is 5.38. The van der Waals surface area contributed by atoms with Gasteiger partial charge >= 0.3 is 0 Å². The topological polar surface area (TPSA) is 22.1 Å². The third-order valence-corrected chi connectivity index (χ3v) is 3.03. The summed E-state index contributed by atoms with van der Waals surface area (Å²) < 4.78 is 5.38. The minimum Gasteiger partial charge on any atom is -0.371 e. The molecule has 0 spiro atoms. The van der Waals surface area contributed by atoms with Crippen molar-refractivity contribution in [1.29, 1.82) is 0 Å². The Hall–Kier alpha value is -0.410. The van der Waals surface area contributed by atoms with Gasteiger partial charge < -0.3 is 4.74 Å². The van der Waals surface area contributed by atoms with Crippen LogP contribution in [0.5, 0.6) is 0 Å². The number of thiazole rings is 1. The summed E-state index contributed by atoms with van der Waals surface area (Å²) >= 11 is 1.64. The van der Waals surface area contributed by atoms with Gasteiger partial charge in [0.25, 0.3) is 0 Å². The molecule has 1 aromatic heterocycles. The number of hydrogen-bond donors (Lipinski definition) is 0. The van der Waals surface area contributed by atoms with E-state index in [0.717, 1.165) is 11.4 Å². The fraction of sp³-hybridized carbons (Fsp3) is 0.625. The van der Waals surface area contributed by atoms with E-state index >= 15 is 0 Å². The molecule has 1 atom stereocenters. The molecule has 1 heterocycles. The molecule has 0 bridgehead atoms. The van der Waals surface area contributed by atoms with Crippen molar-refractivity contribution in [2.75, 3.05) is 7.11 Å². The first-order chi connectivity index (χ1) is 5.23. The molecule has 3 heteroatoms. The Labute approximate surface area is 71.2 Å². The highest BCUT2D eigenvalue weighted by atomic mass is 32.1. The summed E-state index contributed by atoms with van der Waals surface area (Å²) in [6.45, 7) is 4.16. The average Bonchev–Trinajstić information content (AvgIpc) is 2.55. The third kappa shape index (κ3) is 1.60. The number of nitrogens with zero attached hydrogens (tertiary/aromatic N) is 1. The lowest BCUT2D eigenvalue weighted by Gasteiger charge is -2.23. The highest BCUT2D eigenvalue weighted by molar-refractivity contribution is 7.09. The highest BCUT2D eigenvalue weighted by Crippen LogP contribution is 2.29. The highest BCUT2D eigenvalue weighted by Gasteiger charge is 2.26. The quantitative estimate of drug-likeness (QED) is 0.696. The maximum Gasteiger partial charge on any atom is 0.124 e. The van der Waals surface area contributed by atoms with Gasteiger partial charge in [-0.2, -0.15) is 0 Å². The summed E-state index contributed by atoms with van der Waals surface area (Å²) in [5.41, 5.74) is -0.186. The predicted molar refractivity (Wildman–Crippen MR) is 46.8 cm³/mol. The first-order valence-corrected chi connectivity index (χ1v) is 4.56. The fourth-order valence-electron chi connectivity index (χ4n) is 0.868. The third-order valence-electron chi connectivity index (χ3n) is 2.01. The molecular formula is C8H13NOS. The average molecular weight is 171 g/mol. The van der Waals surface area contributed by atoms with Gasteiger partial charge in [-0.05, 0) is 13.3 Å². The van der Waals surface area contributed by atoms with Crippen molar-refractivity contribution < 1.29 is 4.74 Å². The molecular weight excluding hydrogens is 158 g/mol. The van der Waals surface area contributed by atoms with E-state index in [1.165, 1.54) is 0 Å². The van der Waals surface area contributed by atoms with Crippen molar-refractivity contribution in [1.82, 2.24) is 4.98 Å². The molecule has 0 radical (unpaired) electrons. The predicted octanol–water partition coefficient (Wildman–Crippen LogP) is 2.41. The Morgan fingerprint density at radius 3 is 2.82 bits per heavy atom. The van der Waals surface area contributed by atoms with Crippen LogP contribution in [0.3, 0.4) is 0 Å². The number of aromatic nitrogens is 1. The minimum absolute atomic E-state index is 0.186. The normalized spacial score (nSPS) is 16.3. The first-order valence-electron chi connectivity index (χ1n) is 3.68. The van der Waals surface area contributed by atoms with Crippen LogP contribution in [-0.2, 0) is 10.3 Å². The monoisotopic (exact) mass is 171 g/mol. The molecule has 0 aliphatic rings. The Morgan fingerprint density at radius 2 is 2.45 bits per heavy atom. The van der Waals surface area contributed by atoms with Crippen LogP contribution in [0.25, 0.3) is 0 Å². The van der Waals surface area contributed by atoms with E-state index in [9.17, 15) is 0 Å². The van der Waals surface area contributed by atoms with Gasteiger partial charge in [0, 0.05) is 18.7 Å². The van der Waals surface area contributed by atoms with Gasteiger partial charge in [-0.1, -0.05) is 6.92 Å². The van der Waals surface area contributed by atoms with Crippen LogP contribution in [0.4, 0.5) is 0 Å². The zero-order chi connectivity index (χ0) is 8.32. The second-order valence-electron chi connectivity index (χ2n) is 2.63. The van der Waals surface area contributed by atoms with Crippen LogP contribution in [0.1, 0.15) is 25.3 Å². The number of hydrogen-bond acceptors (Lipinski definition) is 3. The van der Waals surface area contributed by atoms with Crippen LogP contribution in [0, 0.1) is 0 Å². The largest absolute Gasteiger partial charge is 0.371 e. The van der Waals surface area contributed by atoms with Crippen LogP contribution >= 0.6 is 11.3 Å². The molecule has 0 saturated heterocycles. The Kier molecular flexibility index (Phi) is 2.62. The molecule has 0 aliphatic carbocycles. The van der Waals surface area contributed by atoms with E-state index in [4.69, 9.17) is 4.74 Å². The number of methoxy groups -OCH3 is 1. The van der Waals surface area contributed by atoms with E-state index in [0.29, 0.717) is 0 Å². The van der Waals surface area contributed by atoms with Gasteiger partial charge in [-0.3, -0.25) is 0 Å². The van der Waals surface area contributed by atoms with Crippen molar-refractivity contribution in [2.24, 2.45) is 0 Å². The van der Waals surface area contributed by atoms with Gasteiger partial charge in [0.15, 0.2) is 0 Å². The second-order valence-corrected chi connectivity index (χ2v) is 3.52. The summed E-state index contributed by atoms with van der Waals surface area (Å²) in [6.07, 6.45) is 2.77. The van der Waals surface area contributed by atoms with Gasteiger partial charge in [-0.15, -0.1) is 11.3 Å². The minimum atomic E-state index is -0.186. The molecule has 1 unspecified atom stereocenters. The molecule has 0 fully saturated rings. The summed E-state index contributed by atoms with van der Waals surface area (Å²) in [5.74, 6) is 0. The SMILES string of the molecule is CCC(C)(OC)c1nccs1. The lowest BCUT2D eigenvalue weighted by atomic mass is 10.1. The van der Waals surface area contributed by atoms with E-state index < -0.39 is 0 Å². The van der Waals surface area contributed by atoms with Crippen molar-refractivity contribution in [2.45, 2.75) is 25.9 Å². The first kappa shape index (κ1) is 8.68. The van der Waals surface area contributed by atoms with Gasteiger partial charge in [-0.25, -0.2) is 4.98 Å². The van der Waals surface area contributed by atoms with Crippen molar-refractivity contribution in [3.05, 3.63) is 16.6 Å². The molecule has 1 aromatic rings. The summed E-state index contributed by atoms with van der Waals surface area (Å²) in [5, 5.41) is 3.03. The van der Waals surface area contributed by atoms with Crippen LogP contribution < -0.4 is 0 Å². The molecule has 0 N–H and O–H groups in total. The molecule has 0 saturated carbocycles. The second kappa shape index (κ2) is 3.32. The van der Waals surface area contributed by atoms with E-state index in [1.54, 1.807) is 18.4 Å². The summed E-state index contributed by atoms with van der Waals surface area (Å²) in [4.78, 5) is 4.22. The lowest BCUT2D eigenvalue weighted by molar-refractivity contribution is -0.00156. The number of rotatable bonds is 3. The van der Waals surface area contributed by atoms with E-state index in [2.05, 4.69) is 18.8 Å². The molecule has 2 nitrogen and oxygen atoms in total. The zero-order valence-corrected chi connectivity index (χ0v) is 7.94. The molecule has 0 aliphatic heterocycles. The Bertz CT molecular complexity index is 204. The number of ether oxygens (including phenoxy) is 1. The lowest BCUT2D eigenvalue weighted by Crippen LogP contribution is -2.22. The van der Waals surface area contributed by atoms with Crippen molar-refractivity contribution in [3.63, 3.8) is 0 Å². The summed E-state index contributed by atoms with van der Waals surface area (Å²) in [6, 6.07) is 0. The van der Waals surface area contributed by atoms with Gasteiger partial charge in [0.1, 0.15) is 10.6 Å². The van der Waals surface area contributed by atoms with E-state index in [-0.39, 0.29) is 5.60 Å². The van der Waals surface area contributed by atoms with Crippen LogP contribution in [0.15, 0.2) is 11.6 Å². The molecule has 62 valence electrons. The van der Waals surface area contributed by atoms with Crippen LogP contribution in [-0.4, -0.2) is 12.1 Å². The molecule has 0 amide bonds. The Balaban J connectivity index is 2.87. The maximum atomic E-state index is 5.38. The molecule has 1 rings (SSSR count). The summed E-state index contributed by atoms with van der Waals surface area (Å²) in [7, 11) is 1.73. The van der Waals surface area contributed by atoms with Gasteiger partial charge in [0.05, 0.1) is 0 Å².